The molecule has 80 valence electrons. The van der Waals surface area contributed by atoms with E-state index in [1.165, 1.54) is 6.07 Å². The van der Waals surface area contributed by atoms with E-state index in [4.69, 9.17) is 4.65 Å². The smallest absolute Gasteiger partial charge is 0.435 e. The summed E-state index contributed by atoms with van der Waals surface area (Å²) < 4.78 is 33.5. The Labute approximate surface area is 85.8 Å². The maximum atomic E-state index is 12.1. The Kier molecular flexibility index (Phi) is 2.62. The molecule has 2 rings (SSSR count). The average Bonchev–Trinajstić information content (AvgIpc) is 2.43. The molecule has 0 aliphatic carbocycles. The van der Waals surface area contributed by atoms with Crippen molar-refractivity contribution < 1.29 is 23.2 Å². The van der Waals surface area contributed by atoms with Crippen molar-refractivity contribution >= 4 is 12.6 Å². The number of hydrogen-bond acceptors (Lipinski definition) is 3. The Hall–Kier alpha value is -1.14. The highest BCUT2D eigenvalue weighted by atomic mass is 19.3. The molecule has 3 nitrogen and oxygen atoms in total. The minimum absolute atomic E-state index is 0.0284. The number of ether oxygens (including phenoxy) is 1. The van der Waals surface area contributed by atoms with E-state index in [2.05, 4.69) is 4.74 Å². The van der Waals surface area contributed by atoms with Gasteiger partial charge in [0, 0.05) is 5.46 Å². The summed E-state index contributed by atoms with van der Waals surface area (Å²) in [5.41, 5.74) is 0.978. The SMILES string of the molecule is CC1OB(O)c2c(OC(F)F)cccc21. The van der Waals surface area contributed by atoms with E-state index >= 15 is 0 Å². The van der Waals surface area contributed by atoms with E-state index in [1.807, 2.05) is 0 Å². The molecule has 1 N–H and O–H groups in total. The predicted molar refractivity (Wildman–Crippen MR) is 50.2 cm³/mol. The molecular weight excluding hydrogens is 205 g/mol. The fourth-order valence-corrected chi connectivity index (χ4v) is 1.71. The molecule has 1 unspecified atom stereocenters. The zero-order valence-electron chi connectivity index (χ0n) is 7.98. The summed E-state index contributed by atoms with van der Waals surface area (Å²) in [6.07, 6.45) is -0.309. The Balaban J connectivity index is 2.41. The van der Waals surface area contributed by atoms with Crippen LogP contribution in [0.1, 0.15) is 18.6 Å². The topological polar surface area (TPSA) is 38.7 Å². The molecule has 1 aliphatic rings. The zero-order valence-corrected chi connectivity index (χ0v) is 7.98. The van der Waals surface area contributed by atoms with Gasteiger partial charge in [-0.05, 0) is 18.6 Å². The van der Waals surface area contributed by atoms with Gasteiger partial charge in [-0.1, -0.05) is 12.1 Å². The molecule has 1 heterocycles. The second-order valence-electron chi connectivity index (χ2n) is 3.27. The van der Waals surface area contributed by atoms with Crippen molar-refractivity contribution in [3.63, 3.8) is 0 Å². The first kappa shape index (κ1) is 10.4. The van der Waals surface area contributed by atoms with Crippen LogP contribution in [0.2, 0.25) is 0 Å². The van der Waals surface area contributed by atoms with Gasteiger partial charge in [-0.2, -0.15) is 8.78 Å². The lowest BCUT2D eigenvalue weighted by molar-refractivity contribution is -0.0492. The number of halogens is 2. The molecule has 0 aromatic heterocycles. The Bertz CT molecular complexity index is 372. The molecular formula is C9H9BF2O3. The van der Waals surface area contributed by atoms with Crippen molar-refractivity contribution in [2.24, 2.45) is 0 Å². The standard InChI is InChI=1S/C9H9BF2O3/c1-5-6-3-2-4-7(14-9(11)12)8(6)10(13)15-5/h2-5,9,13H,1H3. The monoisotopic (exact) mass is 214 g/mol. The Morgan fingerprint density at radius 2 is 2.27 bits per heavy atom. The summed E-state index contributed by atoms with van der Waals surface area (Å²) in [4.78, 5) is 0. The van der Waals surface area contributed by atoms with Crippen molar-refractivity contribution in [2.75, 3.05) is 0 Å². The van der Waals surface area contributed by atoms with E-state index in [1.54, 1.807) is 19.1 Å². The van der Waals surface area contributed by atoms with E-state index < -0.39 is 13.7 Å². The van der Waals surface area contributed by atoms with Crippen molar-refractivity contribution in [3.8, 4) is 5.75 Å². The van der Waals surface area contributed by atoms with Gasteiger partial charge >= 0.3 is 13.7 Å². The number of fused-ring (bicyclic) bond motifs is 1. The highest BCUT2D eigenvalue weighted by molar-refractivity contribution is 6.62. The highest BCUT2D eigenvalue weighted by Gasteiger charge is 2.36. The second-order valence-corrected chi connectivity index (χ2v) is 3.27. The first-order chi connectivity index (χ1) is 7.09. The first-order valence-electron chi connectivity index (χ1n) is 4.50. The summed E-state index contributed by atoms with van der Waals surface area (Å²) in [5, 5.41) is 9.50. The van der Waals surface area contributed by atoms with Crippen LogP contribution in [0.15, 0.2) is 18.2 Å². The van der Waals surface area contributed by atoms with Crippen molar-refractivity contribution in [1.29, 1.82) is 0 Å². The van der Waals surface area contributed by atoms with Crippen LogP contribution in [0.25, 0.3) is 0 Å². The zero-order chi connectivity index (χ0) is 11.0. The van der Waals surface area contributed by atoms with Gasteiger partial charge in [0.05, 0.1) is 6.10 Å². The van der Waals surface area contributed by atoms with Crippen molar-refractivity contribution in [3.05, 3.63) is 23.8 Å². The summed E-state index contributed by atoms with van der Waals surface area (Å²) in [5.74, 6) is -0.0284. The summed E-state index contributed by atoms with van der Waals surface area (Å²) in [6.45, 7) is -1.17. The number of hydrogen-bond donors (Lipinski definition) is 1. The maximum absolute atomic E-state index is 12.1. The third-order valence-corrected chi connectivity index (χ3v) is 2.33. The van der Waals surface area contributed by atoms with Gasteiger partial charge in [-0.25, -0.2) is 0 Å². The summed E-state index contributed by atoms with van der Waals surface area (Å²) in [6, 6.07) is 4.69. The highest BCUT2D eigenvalue weighted by Crippen LogP contribution is 2.27. The van der Waals surface area contributed by atoms with Gasteiger partial charge < -0.3 is 14.4 Å². The van der Waals surface area contributed by atoms with Crippen LogP contribution in [0.3, 0.4) is 0 Å². The van der Waals surface area contributed by atoms with Gasteiger partial charge in [0.15, 0.2) is 0 Å². The lowest BCUT2D eigenvalue weighted by atomic mass is 9.78. The number of alkyl halides is 2. The van der Waals surface area contributed by atoms with Crippen LogP contribution < -0.4 is 10.2 Å². The van der Waals surface area contributed by atoms with Crippen LogP contribution in [0.5, 0.6) is 5.75 Å². The molecule has 0 saturated heterocycles. The molecule has 0 saturated carbocycles. The molecule has 1 atom stereocenters. The lowest BCUT2D eigenvalue weighted by Gasteiger charge is -2.09. The average molecular weight is 214 g/mol. The van der Waals surface area contributed by atoms with Crippen LogP contribution in [0, 0.1) is 0 Å². The van der Waals surface area contributed by atoms with E-state index in [9.17, 15) is 13.8 Å². The largest absolute Gasteiger partial charge is 0.495 e. The molecule has 0 radical (unpaired) electrons. The fraction of sp³-hybridized carbons (Fsp3) is 0.333. The minimum Gasteiger partial charge on any atom is -0.435 e. The van der Waals surface area contributed by atoms with Crippen LogP contribution in [-0.4, -0.2) is 18.8 Å². The van der Waals surface area contributed by atoms with E-state index in [0.717, 1.165) is 0 Å². The molecule has 15 heavy (non-hydrogen) atoms. The molecule has 0 spiro atoms. The van der Waals surface area contributed by atoms with Crippen LogP contribution in [0.4, 0.5) is 8.78 Å². The Morgan fingerprint density at radius 3 is 2.93 bits per heavy atom. The van der Waals surface area contributed by atoms with Crippen molar-refractivity contribution in [1.82, 2.24) is 0 Å². The predicted octanol–water partition coefficient (Wildman–Crippen LogP) is 1.07. The van der Waals surface area contributed by atoms with E-state index in [-0.39, 0.29) is 11.9 Å². The summed E-state index contributed by atoms with van der Waals surface area (Å²) >= 11 is 0. The van der Waals surface area contributed by atoms with Gasteiger partial charge in [0.1, 0.15) is 5.75 Å². The number of benzene rings is 1. The molecule has 1 aromatic rings. The Morgan fingerprint density at radius 1 is 1.53 bits per heavy atom. The molecule has 1 aliphatic heterocycles. The lowest BCUT2D eigenvalue weighted by Crippen LogP contribution is -2.30. The van der Waals surface area contributed by atoms with Gasteiger partial charge in [0.25, 0.3) is 0 Å². The van der Waals surface area contributed by atoms with Crippen molar-refractivity contribution in [2.45, 2.75) is 19.6 Å². The maximum Gasteiger partial charge on any atom is 0.495 e. The molecule has 1 aromatic carbocycles. The second kappa shape index (κ2) is 3.79. The van der Waals surface area contributed by atoms with Crippen LogP contribution in [-0.2, 0) is 4.65 Å². The third-order valence-electron chi connectivity index (χ3n) is 2.33. The first-order valence-corrected chi connectivity index (χ1v) is 4.50. The third kappa shape index (κ3) is 1.82. The fourth-order valence-electron chi connectivity index (χ4n) is 1.71. The molecule has 6 heteroatoms. The normalized spacial score (nSPS) is 19.5. The van der Waals surface area contributed by atoms with Gasteiger partial charge in [-0.3, -0.25) is 0 Å². The minimum atomic E-state index is -2.90. The van der Waals surface area contributed by atoms with E-state index in [0.29, 0.717) is 11.0 Å². The molecule has 0 amide bonds. The quantitative estimate of drug-likeness (QED) is 0.748. The van der Waals surface area contributed by atoms with Gasteiger partial charge in [-0.15, -0.1) is 0 Å². The van der Waals surface area contributed by atoms with Gasteiger partial charge in [0.2, 0.25) is 0 Å². The molecule has 0 bridgehead atoms. The molecule has 0 fully saturated rings. The van der Waals surface area contributed by atoms with Crippen LogP contribution >= 0.6 is 0 Å². The number of rotatable bonds is 2. The summed E-state index contributed by atoms with van der Waals surface area (Å²) in [7, 11) is -1.19.